The normalized spacial score (nSPS) is 45.6. The minimum atomic E-state index is 0.940. The SMILES string of the molecule is CC1CC2C3=C(CCC3)C3=C(CCC3)C2C1CC1C(C)CC2C3=C(CCC3)C3=C(CCC3)C21. The second-order valence-corrected chi connectivity index (χ2v) is 13.7. The largest absolute Gasteiger partial charge is 0.0630 e. The Balaban J connectivity index is 1.15. The van der Waals surface area contributed by atoms with E-state index in [0.717, 1.165) is 47.3 Å². The number of rotatable bonds is 2. The van der Waals surface area contributed by atoms with Crippen molar-refractivity contribution in [2.24, 2.45) is 47.3 Å². The summed E-state index contributed by atoms with van der Waals surface area (Å²) >= 11 is 0. The van der Waals surface area contributed by atoms with E-state index in [9.17, 15) is 0 Å². The van der Waals surface area contributed by atoms with Crippen LogP contribution in [0.4, 0.5) is 0 Å². The first-order chi connectivity index (χ1) is 16.2. The molecule has 0 aliphatic heterocycles. The topological polar surface area (TPSA) is 0 Å². The van der Waals surface area contributed by atoms with Crippen LogP contribution in [-0.4, -0.2) is 0 Å². The lowest BCUT2D eigenvalue weighted by atomic mass is 9.66. The number of fused-ring (bicyclic) bond motifs is 8. The number of hydrogen-bond acceptors (Lipinski definition) is 0. The van der Waals surface area contributed by atoms with Gasteiger partial charge in [-0.2, -0.15) is 0 Å². The maximum absolute atomic E-state index is 2.67. The van der Waals surface area contributed by atoms with Crippen LogP contribution in [0, 0.1) is 47.3 Å². The summed E-state index contributed by atoms with van der Waals surface area (Å²) < 4.78 is 0. The van der Waals surface area contributed by atoms with E-state index >= 15 is 0 Å². The van der Waals surface area contributed by atoms with Crippen LogP contribution in [0.25, 0.3) is 0 Å². The van der Waals surface area contributed by atoms with E-state index in [4.69, 9.17) is 0 Å². The van der Waals surface area contributed by atoms with Gasteiger partial charge in [0.1, 0.15) is 0 Å². The molecule has 0 nitrogen and oxygen atoms in total. The monoisotopic (exact) mass is 440 g/mol. The van der Waals surface area contributed by atoms with Gasteiger partial charge in [0.2, 0.25) is 0 Å². The summed E-state index contributed by atoms with van der Waals surface area (Å²) in [6, 6.07) is 0. The second kappa shape index (κ2) is 7.24. The van der Waals surface area contributed by atoms with Crippen molar-refractivity contribution in [1.82, 2.24) is 0 Å². The molecule has 0 bridgehead atoms. The van der Waals surface area contributed by atoms with Gasteiger partial charge in [-0.05, 0) is 166 Å². The maximum Gasteiger partial charge on any atom is -0.0100 e. The lowest BCUT2D eigenvalue weighted by Crippen LogP contribution is -2.30. The second-order valence-electron chi connectivity index (χ2n) is 13.7. The van der Waals surface area contributed by atoms with Crippen molar-refractivity contribution in [3.63, 3.8) is 0 Å². The first kappa shape index (κ1) is 20.2. The highest BCUT2D eigenvalue weighted by Gasteiger charge is 2.54. The summed E-state index contributed by atoms with van der Waals surface area (Å²) in [4.78, 5) is 0. The molecule has 8 unspecified atom stereocenters. The molecule has 8 aliphatic carbocycles. The molecule has 0 aromatic carbocycles. The Morgan fingerprint density at radius 3 is 1.27 bits per heavy atom. The molecule has 0 N–H and O–H groups in total. The Morgan fingerprint density at radius 2 is 0.848 bits per heavy atom. The summed E-state index contributed by atoms with van der Waals surface area (Å²) in [5.41, 5.74) is 15.6. The predicted molar refractivity (Wildman–Crippen MR) is 137 cm³/mol. The van der Waals surface area contributed by atoms with Crippen LogP contribution in [0.15, 0.2) is 44.6 Å². The molecule has 0 radical (unpaired) electrons. The molecule has 8 rings (SSSR count). The van der Waals surface area contributed by atoms with Crippen LogP contribution >= 0.6 is 0 Å². The third kappa shape index (κ3) is 2.65. The van der Waals surface area contributed by atoms with Crippen LogP contribution in [0.3, 0.4) is 0 Å². The number of hydrogen-bond donors (Lipinski definition) is 0. The summed E-state index contributed by atoms with van der Waals surface area (Å²) in [6.07, 6.45) is 21.9. The molecular formula is C33H44. The Bertz CT molecular complexity index is 944. The van der Waals surface area contributed by atoms with Crippen LogP contribution in [0.1, 0.15) is 110 Å². The lowest BCUT2D eigenvalue weighted by Gasteiger charge is -2.39. The minimum Gasteiger partial charge on any atom is -0.0630 e. The molecule has 0 heteroatoms. The van der Waals surface area contributed by atoms with Crippen LogP contribution in [0.5, 0.6) is 0 Å². The van der Waals surface area contributed by atoms with Crippen molar-refractivity contribution in [2.75, 3.05) is 0 Å². The van der Waals surface area contributed by atoms with Gasteiger partial charge in [0.15, 0.2) is 0 Å². The molecule has 0 aromatic rings. The van der Waals surface area contributed by atoms with E-state index in [-0.39, 0.29) is 0 Å². The molecule has 33 heavy (non-hydrogen) atoms. The standard InChI is InChI=1S/C33H44/c1-18-15-30-24-11-3-7-20(24)22-9-5-13-26(22)32(30)28(18)17-29-19(2)16-31-25-12-4-8-21(25)23-10-6-14-27(23)33(29)31/h18-19,28-33H,3-17H2,1-2H3. The molecule has 8 aliphatic rings. The van der Waals surface area contributed by atoms with Gasteiger partial charge in [0.25, 0.3) is 0 Å². The quantitative estimate of drug-likeness (QED) is 0.401. The van der Waals surface area contributed by atoms with Crippen LogP contribution < -0.4 is 0 Å². The zero-order valence-corrected chi connectivity index (χ0v) is 21.2. The molecule has 0 spiro atoms. The highest BCUT2D eigenvalue weighted by atomic mass is 14.6. The van der Waals surface area contributed by atoms with Gasteiger partial charge in [-0.25, -0.2) is 0 Å². The summed E-state index contributed by atoms with van der Waals surface area (Å²) in [6.45, 7) is 5.34. The Morgan fingerprint density at radius 1 is 0.485 bits per heavy atom. The van der Waals surface area contributed by atoms with Gasteiger partial charge < -0.3 is 0 Å². The number of allylic oxidation sites excluding steroid dienone is 8. The van der Waals surface area contributed by atoms with Crippen molar-refractivity contribution < 1.29 is 0 Å². The Kier molecular flexibility index (Phi) is 4.43. The highest BCUT2D eigenvalue weighted by Crippen LogP contribution is 2.65. The molecule has 0 aromatic heterocycles. The van der Waals surface area contributed by atoms with Crippen molar-refractivity contribution in [1.29, 1.82) is 0 Å². The molecular weight excluding hydrogens is 396 g/mol. The predicted octanol–water partition coefficient (Wildman–Crippen LogP) is 9.10. The molecule has 0 saturated heterocycles. The van der Waals surface area contributed by atoms with Gasteiger partial charge >= 0.3 is 0 Å². The molecule has 2 fully saturated rings. The van der Waals surface area contributed by atoms with Crippen LogP contribution in [0.2, 0.25) is 0 Å². The third-order valence-corrected chi connectivity index (χ3v) is 12.5. The highest BCUT2D eigenvalue weighted by molar-refractivity contribution is 5.52. The van der Waals surface area contributed by atoms with E-state index in [1.165, 1.54) is 89.9 Å². The minimum absolute atomic E-state index is 0.940. The summed E-state index contributed by atoms with van der Waals surface area (Å²) in [5.74, 6) is 7.62. The third-order valence-electron chi connectivity index (χ3n) is 12.5. The van der Waals surface area contributed by atoms with Crippen molar-refractivity contribution in [3.8, 4) is 0 Å². The van der Waals surface area contributed by atoms with Gasteiger partial charge in [-0.1, -0.05) is 36.1 Å². The Labute approximate surface area is 202 Å². The van der Waals surface area contributed by atoms with E-state index in [0.29, 0.717) is 0 Å². The van der Waals surface area contributed by atoms with E-state index in [1.807, 2.05) is 44.6 Å². The molecule has 2 saturated carbocycles. The summed E-state index contributed by atoms with van der Waals surface area (Å²) in [7, 11) is 0. The lowest BCUT2D eigenvalue weighted by molar-refractivity contribution is 0.209. The molecule has 8 atom stereocenters. The first-order valence-electron chi connectivity index (χ1n) is 15.1. The van der Waals surface area contributed by atoms with Crippen LogP contribution in [-0.2, 0) is 0 Å². The maximum atomic E-state index is 2.67. The molecule has 0 heterocycles. The van der Waals surface area contributed by atoms with Gasteiger partial charge in [0.05, 0.1) is 0 Å². The average Bonchev–Trinajstić information content (AvgIpc) is 3.61. The zero-order chi connectivity index (χ0) is 21.8. The van der Waals surface area contributed by atoms with Gasteiger partial charge in [0, 0.05) is 0 Å². The molecule has 176 valence electrons. The average molecular weight is 441 g/mol. The fourth-order valence-corrected chi connectivity index (χ4v) is 11.5. The van der Waals surface area contributed by atoms with Gasteiger partial charge in [-0.3, -0.25) is 0 Å². The fourth-order valence-electron chi connectivity index (χ4n) is 11.5. The van der Waals surface area contributed by atoms with E-state index < -0.39 is 0 Å². The summed E-state index contributed by atoms with van der Waals surface area (Å²) in [5, 5.41) is 0. The smallest absolute Gasteiger partial charge is 0.0100 e. The molecule has 0 amide bonds. The zero-order valence-electron chi connectivity index (χ0n) is 21.2. The van der Waals surface area contributed by atoms with Crippen molar-refractivity contribution in [3.05, 3.63) is 44.6 Å². The fraction of sp³-hybridized carbons (Fsp3) is 0.758. The Hall–Kier alpha value is -1.04. The first-order valence-corrected chi connectivity index (χ1v) is 15.1. The van der Waals surface area contributed by atoms with Crippen molar-refractivity contribution in [2.45, 2.75) is 110 Å². The van der Waals surface area contributed by atoms with Crippen molar-refractivity contribution >= 4 is 0 Å². The van der Waals surface area contributed by atoms with E-state index in [2.05, 4.69) is 13.8 Å². The van der Waals surface area contributed by atoms with E-state index in [1.54, 1.807) is 6.42 Å². The van der Waals surface area contributed by atoms with Gasteiger partial charge in [-0.15, -0.1) is 0 Å².